The van der Waals surface area contributed by atoms with Gasteiger partial charge in [-0.2, -0.15) is 10.2 Å². The summed E-state index contributed by atoms with van der Waals surface area (Å²) in [4.78, 5) is 27.4. The molecule has 202 valence electrons. The minimum atomic E-state index is -4.80. The zero-order valence-electron chi connectivity index (χ0n) is 20.8. The minimum Gasteiger partial charge on any atom is -0.406 e. The van der Waals surface area contributed by atoms with Gasteiger partial charge in [-0.25, -0.2) is 5.10 Å². The summed E-state index contributed by atoms with van der Waals surface area (Å²) >= 11 is 0. The van der Waals surface area contributed by atoms with Gasteiger partial charge in [0.05, 0.1) is 11.8 Å². The Morgan fingerprint density at radius 2 is 2.00 bits per heavy atom. The monoisotopic (exact) mass is 538 g/mol. The van der Waals surface area contributed by atoms with Gasteiger partial charge in [0.1, 0.15) is 17.0 Å². The van der Waals surface area contributed by atoms with Crippen LogP contribution in [0.4, 0.5) is 24.7 Å². The molecule has 2 aromatic heterocycles. The van der Waals surface area contributed by atoms with Gasteiger partial charge in [0.15, 0.2) is 5.82 Å². The highest BCUT2D eigenvalue weighted by Crippen LogP contribution is 2.37. The number of nitrogens with two attached hydrogens (primary N) is 1. The van der Waals surface area contributed by atoms with Gasteiger partial charge in [-0.15, -0.1) is 13.2 Å². The Morgan fingerprint density at radius 3 is 2.74 bits per heavy atom. The fourth-order valence-corrected chi connectivity index (χ4v) is 5.34. The number of halogens is 3. The number of carbonyl (C=O) groups is 1. The van der Waals surface area contributed by atoms with Gasteiger partial charge in [0.2, 0.25) is 5.91 Å². The highest BCUT2D eigenvalue weighted by Gasteiger charge is 2.31. The molecule has 39 heavy (non-hydrogen) atoms. The van der Waals surface area contributed by atoms with Crippen LogP contribution in [0.3, 0.4) is 0 Å². The summed E-state index contributed by atoms with van der Waals surface area (Å²) in [6.07, 6.45) is -0.919. The quantitative estimate of drug-likeness (QED) is 0.380. The highest BCUT2D eigenvalue weighted by molar-refractivity contribution is 6.01. The number of aromatic nitrogens is 4. The van der Waals surface area contributed by atoms with Crippen LogP contribution >= 0.6 is 0 Å². The second-order valence-corrected chi connectivity index (χ2v) is 10.0. The molecule has 4 aromatic rings. The van der Waals surface area contributed by atoms with Crippen molar-refractivity contribution in [2.45, 2.75) is 45.0 Å². The number of nitrogen functional groups attached to an aromatic ring is 1. The highest BCUT2D eigenvalue weighted by atomic mass is 19.4. The first-order valence-corrected chi connectivity index (χ1v) is 12.7. The molecule has 1 amide bonds. The van der Waals surface area contributed by atoms with Crippen molar-refractivity contribution in [1.82, 2.24) is 20.0 Å². The van der Waals surface area contributed by atoms with Crippen molar-refractivity contribution >= 4 is 28.3 Å². The minimum absolute atomic E-state index is 0.0720. The third-order valence-electron chi connectivity index (χ3n) is 7.39. The van der Waals surface area contributed by atoms with Gasteiger partial charge >= 0.3 is 6.36 Å². The van der Waals surface area contributed by atoms with E-state index in [9.17, 15) is 22.8 Å². The third kappa shape index (κ3) is 4.82. The topological polar surface area (TPSA) is 119 Å². The Morgan fingerprint density at radius 1 is 1.18 bits per heavy atom. The van der Waals surface area contributed by atoms with E-state index in [-0.39, 0.29) is 29.5 Å². The van der Waals surface area contributed by atoms with E-state index in [4.69, 9.17) is 10.8 Å². The summed E-state index contributed by atoms with van der Waals surface area (Å²) in [5, 5.41) is 11.7. The molecule has 0 atom stereocenters. The van der Waals surface area contributed by atoms with Crippen LogP contribution in [-0.2, 0) is 24.2 Å². The Bertz CT molecular complexity index is 1640. The summed E-state index contributed by atoms with van der Waals surface area (Å²) in [5.41, 5.74) is 9.64. The molecule has 3 N–H and O–H groups in total. The van der Waals surface area contributed by atoms with E-state index in [0.29, 0.717) is 47.6 Å². The van der Waals surface area contributed by atoms with E-state index >= 15 is 0 Å². The number of carbonyl (C=O) groups excluding carboxylic acids is 1. The van der Waals surface area contributed by atoms with E-state index in [2.05, 4.69) is 14.9 Å². The number of hydrogen-bond donors (Lipinski definition) is 2. The Hall–Kier alpha value is -4.35. The van der Waals surface area contributed by atoms with Crippen molar-refractivity contribution in [1.29, 1.82) is 0 Å². The van der Waals surface area contributed by atoms with Crippen molar-refractivity contribution in [2.75, 3.05) is 17.2 Å². The lowest BCUT2D eigenvalue weighted by molar-refractivity contribution is -0.274. The molecule has 1 fully saturated rings. The molecular formula is C27H25F3N6O3. The van der Waals surface area contributed by atoms with Crippen LogP contribution in [-0.4, -0.2) is 38.8 Å². The molecule has 0 bridgehead atoms. The van der Waals surface area contributed by atoms with Gasteiger partial charge in [-0.1, -0.05) is 24.6 Å². The number of ether oxygens (including phenoxy) is 1. The smallest absolute Gasteiger partial charge is 0.406 e. The molecule has 12 heteroatoms. The molecule has 6 rings (SSSR count). The van der Waals surface area contributed by atoms with Crippen molar-refractivity contribution in [3.05, 3.63) is 63.9 Å². The molecular weight excluding hydrogens is 513 g/mol. The maximum Gasteiger partial charge on any atom is 0.573 e. The van der Waals surface area contributed by atoms with Gasteiger partial charge in [0, 0.05) is 24.3 Å². The number of aromatic amines is 1. The zero-order valence-corrected chi connectivity index (χ0v) is 20.8. The van der Waals surface area contributed by atoms with Crippen molar-refractivity contribution in [3.8, 4) is 17.0 Å². The number of benzene rings is 2. The molecule has 0 saturated heterocycles. The standard InChI is InChI=1S/C27H25F3N6O3/c28-27(29,30)39-19-6-2-5-16(11-19)12-21(37)35-10-9-17-13-18(7-8-20(17)35)23-22-24(26(38)33-32-25(22)31)36(34-23)14-15-3-1-4-15/h2,5-8,11,13,15H,1,3-4,9-10,12,14H2,(H2,31,32)(H,33,38). The van der Waals surface area contributed by atoms with Crippen LogP contribution in [0, 0.1) is 5.92 Å². The number of nitrogens with one attached hydrogen (secondary N) is 1. The lowest BCUT2D eigenvalue weighted by Crippen LogP contribution is -2.30. The second-order valence-electron chi connectivity index (χ2n) is 10.0. The molecule has 2 aromatic carbocycles. The van der Waals surface area contributed by atoms with Crippen LogP contribution < -0.4 is 20.9 Å². The number of anilines is 2. The maximum atomic E-state index is 13.1. The van der Waals surface area contributed by atoms with Gasteiger partial charge in [-0.05, 0) is 60.6 Å². The van der Waals surface area contributed by atoms with Crippen molar-refractivity contribution < 1.29 is 22.7 Å². The van der Waals surface area contributed by atoms with E-state index in [1.807, 2.05) is 18.2 Å². The molecule has 1 aliphatic carbocycles. The zero-order chi connectivity index (χ0) is 27.3. The van der Waals surface area contributed by atoms with Gasteiger partial charge in [-0.3, -0.25) is 14.3 Å². The fourth-order valence-electron chi connectivity index (χ4n) is 5.34. The summed E-state index contributed by atoms with van der Waals surface area (Å²) in [7, 11) is 0. The van der Waals surface area contributed by atoms with Gasteiger partial charge in [0.25, 0.3) is 5.56 Å². The second kappa shape index (κ2) is 9.44. The van der Waals surface area contributed by atoms with E-state index in [0.717, 1.165) is 29.7 Å². The molecule has 0 unspecified atom stereocenters. The number of hydrogen-bond acceptors (Lipinski definition) is 6. The summed E-state index contributed by atoms with van der Waals surface area (Å²) in [5.74, 6) is 0.0558. The Balaban J connectivity index is 1.28. The first-order valence-electron chi connectivity index (χ1n) is 12.7. The number of rotatable bonds is 6. The SMILES string of the molecule is Nc1n[nH]c(=O)c2c1c(-c1ccc3c(c1)CCN3C(=O)Cc1cccc(OC(F)(F)F)c1)nn2CC1CCC1. The van der Waals surface area contributed by atoms with Crippen LogP contribution in [0.25, 0.3) is 22.2 Å². The number of amides is 1. The molecule has 1 saturated carbocycles. The molecule has 2 aliphatic rings. The lowest BCUT2D eigenvalue weighted by atomic mass is 9.85. The fraction of sp³-hybridized carbons (Fsp3) is 0.333. The molecule has 9 nitrogen and oxygen atoms in total. The largest absolute Gasteiger partial charge is 0.573 e. The number of alkyl halides is 3. The van der Waals surface area contributed by atoms with Gasteiger partial charge < -0.3 is 15.4 Å². The molecule has 1 aliphatic heterocycles. The number of fused-ring (bicyclic) bond motifs is 2. The van der Waals surface area contributed by atoms with E-state index in [1.165, 1.54) is 24.6 Å². The molecule has 0 spiro atoms. The first-order chi connectivity index (χ1) is 18.7. The molecule has 3 heterocycles. The summed E-state index contributed by atoms with van der Waals surface area (Å²) in [6, 6.07) is 11.0. The normalized spacial score (nSPS) is 15.4. The van der Waals surface area contributed by atoms with E-state index < -0.39 is 6.36 Å². The van der Waals surface area contributed by atoms with Crippen LogP contribution in [0.1, 0.15) is 30.4 Å². The number of H-pyrrole nitrogens is 1. The molecule has 0 radical (unpaired) electrons. The van der Waals surface area contributed by atoms with Crippen LogP contribution in [0.15, 0.2) is 47.3 Å². The Labute approximate surface area is 220 Å². The van der Waals surface area contributed by atoms with Crippen molar-refractivity contribution in [2.24, 2.45) is 5.92 Å². The maximum absolute atomic E-state index is 13.1. The third-order valence-corrected chi connectivity index (χ3v) is 7.39. The van der Waals surface area contributed by atoms with Crippen LogP contribution in [0.2, 0.25) is 0 Å². The summed E-state index contributed by atoms with van der Waals surface area (Å²) in [6.45, 7) is 1.07. The predicted octanol–water partition coefficient (Wildman–Crippen LogP) is 4.20. The Kier molecular flexibility index (Phi) is 6.04. The van der Waals surface area contributed by atoms with Crippen molar-refractivity contribution in [3.63, 3.8) is 0 Å². The van der Waals surface area contributed by atoms with E-state index in [1.54, 1.807) is 15.6 Å². The number of nitrogens with zero attached hydrogens (tertiary/aromatic N) is 4. The lowest BCUT2D eigenvalue weighted by Gasteiger charge is -2.25. The first kappa shape index (κ1) is 25.0. The average molecular weight is 539 g/mol. The average Bonchev–Trinajstić information content (AvgIpc) is 3.45. The summed E-state index contributed by atoms with van der Waals surface area (Å²) < 4.78 is 43.4. The van der Waals surface area contributed by atoms with Crippen LogP contribution in [0.5, 0.6) is 5.75 Å². The predicted molar refractivity (Wildman–Crippen MR) is 138 cm³/mol.